The van der Waals surface area contributed by atoms with Crippen LogP contribution >= 0.6 is 0 Å². The molecule has 0 bridgehead atoms. The molecule has 0 saturated carbocycles. The lowest BCUT2D eigenvalue weighted by Gasteiger charge is -2.44. The van der Waals surface area contributed by atoms with Crippen molar-refractivity contribution < 1.29 is 27.4 Å². The average Bonchev–Trinajstić information content (AvgIpc) is 2.67. The highest BCUT2D eigenvalue weighted by atomic mass is 19.4. The SMILES string of the molecule is CC(C)C1OC(c2cccc(NC(=O)c3cccc(C(F)(F)F)c3)c2)OCC1(C)C. The topological polar surface area (TPSA) is 47.6 Å². The molecule has 1 saturated heterocycles. The van der Waals surface area contributed by atoms with E-state index in [0.717, 1.165) is 17.7 Å². The van der Waals surface area contributed by atoms with E-state index in [1.165, 1.54) is 12.1 Å². The van der Waals surface area contributed by atoms with Crippen molar-refractivity contribution in [3.63, 3.8) is 0 Å². The molecule has 1 heterocycles. The third kappa shape index (κ3) is 5.02. The van der Waals surface area contributed by atoms with Gasteiger partial charge in [-0.2, -0.15) is 13.2 Å². The van der Waals surface area contributed by atoms with Gasteiger partial charge in [-0.15, -0.1) is 0 Å². The lowest BCUT2D eigenvalue weighted by atomic mass is 9.80. The molecule has 0 spiro atoms. The van der Waals surface area contributed by atoms with E-state index in [0.29, 0.717) is 18.2 Å². The highest BCUT2D eigenvalue weighted by Crippen LogP contribution is 2.40. The van der Waals surface area contributed by atoms with Crippen molar-refractivity contribution in [1.29, 1.82) is 0 Å². The molecule has 1 N–H and O–H groups in total. The molecule has 2 aromatic carbocycles. The number of anilines is 1. The Morgan fingerprint density at radius 3 is 2.50 bits per heavy atom. The third-order valence-corrected chi connectivity index (χ3v) is 5.12. The number of halogens is 3. The number of ether oxygens (including phenoxy) is 2. The summed E-state index contributed by atoms with van der Waals surface area (Å²) in [5, 5.41) is 2.65. The van der Waals surface area contributed by atoms with Crippen LogP contribution in [0.15, 0.2) is 48.5 Å². The van der Waals surface area contributed by atoms with Gasteiger partial charge in [0.05, 0.1) is 18.3 Å². The number of carbonyl (C=O) groups excluding carboxylic acids is 1. The minimum absolute atomic E-state index is 0.000365. The van der Waals surface area contributed by atoms with Crippen LogP contribution in [0, 0.1) is 11.3 Å². The van der Waals surface area contributed by atoms with Gasteiger partial charge in [0.1, 0.15) is 0 Å². The van der Waals surface area contributed by atoms with Gasteiger partial charge >= 0.3 is 6.18 Å². The zero-order valence-electron chi connectivity index (χ0n) is 17.4. The molecular formula is C23H26F3NO3. The first-order chi connectivity index (χ1) is 14.0. The molecule has 1 aliphatic heterocycles. The molecule has 30 heavy (non-hydrogen) atoms. The van der Waals surface area contributed by atoms with Crippen LogP contribution in [0.2, 0.25) is 0 Å². The molecule has 4 nitrogen and oxygen atoms in total. The van der Waals surface area contributed by atoms with Crippen LogP contribution in [0.5, 0.6) is 0 Å². The Hall–Kier alpha value is -2.38. The Bertz CT molecular complexity index is 909. The van der Waals surface area contributed by atoms with Gasteiger partial charge in [-0.05, 0) is 36.2 Å². The van der Waals surface area contributed by atoms with E-state index in [2.05, 4.69) is 33.0 Å². The predicted molar refractivity (Wildman–Crippen MR) is 108 cm³/mol. The van der Waals surface area contributed by atoms with Crippen molar-refractivity contribution in [3.05, 3.63) is 65.2 Å². The van der Waals surface area contributed by atoms with E-state index in [1.807, 2.05) is 6.07 Å². The number of carbonyl (C=O) groups is 1. The van der Waals surface area contributed by atoms with Crippen molar-refractivity contribution in [3.8, 4) is 0 Å². The smallest absolute Gasteiger partial charge is 0.348 e. The van der Waals surface area contributed by atoms with Gasteiger partial charge in [0.25, 0.3) is 5.91 Å². The van der Waals surface area contributed by atoms with E-state index in [4.69, 9.17) is 9.47 Å². The highest BCUT2D eigenvalue weighted by Gasteiger charge is 2.40. The minimum atomic E-state index is -4.51. The van der Waals surface area contributed by atoms with Crippen LogP contribution in [0.3, 0.4) is 0 Å². The summed E-state index contributed by atoms with van der Waals surface area (Å²) in [6.45, 7) is 8.92. The third-order valence-electron chi connectivity index (χ3n) is 5.12. The van der Waals surface area contributed by atoms with Gasteiger partial charge in [-0.3, -0.25) is 4.79 Å². The maximum Gasteiger partial charge on any atom is 0.416 e. The largest absolute Gasteiger partial charge is 0.416 e. The van der Waals surface area contributed by atoms with Crippen molar-refractivity contribution in [1.82, 2.24) is 0 Å². The molecule has 1 aliphatic rings. The lowest BCUT2D eigenvalue weighted by Crippen LogP contribution is -2.45. The van der Waals surface area contributed by atoms with Crippen molar-refractivity contribution in [2.45, 2.75) is 46.3 Å². The van der Waals surface area contributed by atoms with Gasteiger partial charge in [-0.25, -0.2) is 0 Å². The second-order valence-corrected chi connectivity index (χ2v) is 8.59. The van der Waals surface area contributed by atoms with Crippen LogP contribution in [0.1, 0.15) is 55.5 Å². The zero-order chi connectivity index (χ0) is 22.1. The van der Waals surface area contributed by atoms with Crippen molar-refractivity contribution in [2.75, 3.05) is 11.9 Å². The van der Waals surface area contributed by atoms with Gasteiger partial charge in [0.2, 0.25) is 0 Å². The van der Waals surface area contributed by atoms with Crippen LogP contribution in [-0.2, 0) is 15.7 Å². The van der Waals surface area contributed by atoms with Crippen LogP contribution in [0.25, 0.3) is 0 Å². The Balaban J connectivity index is 1.76. The molecule has 2 atom stereocenters. The molecule has 2 unspecified atom stereocenters. The summed E-state index contributed by atoms with van der Waals surface area (Å²) in [7, 11) is 0. The standard InChI is InChI=1S/C23H26F3NO3/c1-14(2)19-22(3,4)13-29-21(30-19)16-8-6-10-18(12-16)27-20(28)15-7-5-9-17(11-15)23(24,25)26/h5-12,14,19,21H,13H2,1-4H3,(H,27,28). The maximum atomic E-state index is 12.9. The van der Waals surface area contributed by atoms with Crippen LogP contribution in [0.4, 0.5) is 18.9 Å². The van der Waals surface area contributed by atoms with E-state index < -0.39 is 23.9 Å². The second-order valence-electron chi connectivity index (χ2n) is 8.59. The Morgan fingerprint density at radius 2 is 1.83 bits per heavy atom. The monoisotopic (exact) mass is 421 g/mol. The summed E-state index contributed by atoms with van der Waals surface area (Å²) < 4.78 is 50.8. The van der Waals surface area contributed by atoms with E-state index >= 15 is 0 Å². The fraction of sp³-hybridized carbons (Fsp3) is 0.435. The number of rotatable bonds is 4. The summed E-state index contributed by atoms with van der Waals surface area (Å²) in [5.74, 6) is -0.319. The number of hydrogen-bond acceptors (Lipinski definition) is 3. The number of benzene rings is 2. The summed E-state index contributed by atoms with van der Waals surface area (Å²) >= 11 is 0. The van der Waals surface area contributed by atoms with E-state index in [1.54, 1.807) is 18.2 Å². The minimum Gasteiger partial charge on any atom is -0.348 e. The van der Waals surface area contributed by atoms with Crippen molar-refractivity contribution >= 4 is 11.6 Å². The molecule has 0 aromatic heterocycles. The van der Waals surface area contributed by atoms with Gasteiger partial charge in [0.15, 0.2) is 6.29 Å². The number of nitrogens with one attached hydrogen (secondary N) is 1. The first-order valence-electron chi connectivity index (χ1n) is 9.83. The molecule has 0 aliphatic carbocycles. The molecule has 3 rings (SSSR count). The highest BCUT2D eigenvalue weighted by molar-refractivity contribution is 6.04. The van der Waals surface area contributed by atoms with E-state index in [9.17, 15) is 18.0 Å². The zero-order valence-corrected chi connectivity index (χ0v) is 17.4. The summed E-state index contributed by atoms with van der Waals surface area (Å²) in [5.41, 5.74) is 0.128. The fourth-order valence-corrected chi connectivity index (χ4v) is 3.77. The fourth-order valence-electron chi connectivity index (χ4n) is 3.77. The lowest BCUT2D eigenvalue weighted by molar-refractivity contribution is -0.274. The molecule has 1 amide bonds. The molecule has 1 fully saturated rings. The predicted octanol–water partition coefficient (Wildman–Crippen LogP) is 6.05. The maximum absolute atomic E-state index is 12.9. The van der Waals surface area contributed by atoms with Gasteiger partial charge in [-0.1, -0.05) is 45.9 Å². The molecule has 2 aromatic rings. The Labute approximate surface area is 174 Å². The normalized spacial score (nSPS) is 21.5. The molecule has 162 valence electrons. The average molecular weight is 421 g/mol. The number of hydrogen-bond donors (Lipinski definition) is 1. The second kappa shape index (κ2) is 8.40. The molecular weight excluding hydrogens is 395 g/mol. The van der Waals surface area contributed by atoms with Crippen molar-refractivity contribution in [2.24, 2.45) is 11.3 Å². The molecule has 0 radical (unpaired) electrons. The van der Waals surface area contributed by atoms with Crippen LogP contribution in [-0.4, -0.2) is 18.6 Å². The first-order valence-corrected chi connectivity index (χ1v) is 9.83. The van der Waals surface area contributed by atoms with Gasteiger partial charge in [0, 0.05) is 22.2 Å². The van der Waals surface area contributed by atoms with Gasteiger partial charge < -0.3 is 14.8 Å². The first kappa shape index (κ1) is 22.3. The van der Waals surface area contributed by atoms with Crippen LogP contribution < -0.4 is 5.32 Å². The Kier molecular flexibility index (Phi) is 6.24. The summed E-state index contributed by atoms with van der Waals surface area (Å²) in [6.07, 6.45) is -5.08. The van der Waals surface area contributed by atoms with E-state index in [-0.39, 0.29) is 17.1 Å². The summed E-state index contributed by atoms with van der Waals surface area (Å²) in [4.78, 5) is 12.5. The quantitative estimate of drug-likeness (QED) is 0.653. The number of alkyl halides is 3. The summed E-state index contributed by atoms with van der Waals surface area (Å²) in [6, 6.07) is 11.3. The molecule has 7 heteroatoms. The Morgan fingerprint density at radius 1 is 1.13 bits per heavy atom. The number of amides is 1.